The van der Waals surface area contributed by atoms with E-state index in [-0.39, 0.29) is 5.82 Å². The van der Waals surface area contributed by atoms with Crippen LogP contribution in [0, 0.1) is 11.7 Å². The molecule has 2 aromatic heterocycles. The maximum absolute atomic E-state index is 13.4. The molecule has 0 aliphatic rings. The second kappa shape index (κ2) is 8.57. The molecule has 0 aliphatic carbocycles. The number of hydrogen-bond donors (Lipinski definition) is 0. The number of benzene rings is 2. The van der Waals surface area contributed by atoms with Gasteiger partial charge < -0.3 is 4.52 Å². The number of para-hydroxylation sites is 1. The van der Waals surface area contributed by atoms with E-state index in [9.17, 15) is 4.39 Å². The van der Waals surface area contributed by atoms with E-state index in [0.29, 0.717) is 34.4 Å². The largest absolute Gasteiger partial charge is 0.338 e. The van der Waals surface area contributed by atoms with Gasteiger partial charge in [0.25, 0.3) is 0 Å². The van der Waals surface area contributed by atoms with Crippen molar-refractivity contribution in [2.45, 2.75) is 31.2 Å². The summed E-state index contributed by atoms with van der Waals surface area (Å²) in [5.74, 6) is 2.57. The number of nitrogens with zero attached hydrogens (tertiary/aromatic N) is 5. The third-order valence-corrected chi connectivity index (χ3v) is 5.09. The van der Waals surface area contributed by atoms with E-state index < -0.39 is 0 Å². The first kappa shape index (κ1) is 19.3. The second-order valence-corrected chi connectivity index (χ2v) is 7.92. The summed E-state index contributed by atoms with van der Waals surface area (Å²) >= 11 is 1.46. The Bertz CT molecular complexity index is 1080. The zero-order chi connectivity index (χ0) is 20.2. The smallest absolute Gasteiger partial charge is 0.237 e. The van der Waals surface area contributed by atoms with Crippen LogP contribution in [0.4, 0.5) is 4.39 Å². The SMILES string of the molecule is CC(C)Cc1noc(CSc2nnc(-c3ccc(F)cc3)n2-c2ccccc2)n1. The molecule has 2 aromatic carbocycles. The standard InChI is InChI=1S/C21H20FN5OS/c1-14(2)12-18-23-19(28-26-18)13-29-21-25-24-20(15-8-10-16(22)11-9-15)27(21)17-6-4-3-5-7-17/h3-11,14H,12-13H2,1-2H3. The molecule has 6 nitrogen and oxygen atoms in total. The summed E-state index contributed by atoms with van der Waals surface area (Å²) in [6.45, 7) is 4.23. The van der Waals surface area contributed by atoms with E-state index in [0.717, 1.165) is 17.7 Å². The van der Waals surface area contributed by atoms with Crippen LogP contribution < -0.4 is 0 Å². The fourth-order valence-electron chi connectivity index (χ4n) is 2.88. The monoisotopic (exact) mass is 409 g/mol. The van der Waals surface area contributed by atoms with Crippen LogP contribution in [0.5, 0.6) is 0 Å². The first-order chi connectivity index (χ1) is 14.1. The summed E-state index contributed by atoms with van der Waals surface area (Å²) in [5.41, 5.74) is 1.71. The van der Waals surface area contributed by atoms with Gasteiger partial charge >= 0.3 is 0 Å². The second-order valence-electron chi connectivity index (χ2n) is 6.98. The van der Waals surface area contributed by atoms with Gasteiger partial charge in [0.15, 0.2) is 16.8 Å². The van der Waals surface area contributed by atoms with E-state index in [1.807, 2.05) is 34.9 Å². The molecule has 8 heteroatoms. The quantitative estimate of drug-likeness (QED) is 0.402. The lowest BCUT2D eigenvalue weighted by atomic mass is 10.1. The molecule has 0 saturated carbocycles. The topological polar surface area (TPSA) is 69.6 Å². The number of rotatable bonds is 7. The summed E-state index contributed by atoms with van der Waals surface area (Å²) < 4.78 is 20.7. The molecule has 0 atom stereocenters. The molecule has 0 aliphatic heterocycles. The Morgan fingerprint density at radius 3 is 2.52 bits per heavy atom. The van der Waals surface area contributed by atoms with Crippen molar-refractivity contribution in [3.05, 3.63) is 72.1 Å². The predicted molar refractivity (Wildman–Crippen MR) is 109 cm³/mol. The lowest BCUT2D eigenvalue weighted by Gasteiger charge is -2.09. The highest BCUT2D eigenvalue weighted by molar-refractivity contribution is 7.98. The van der Waals surface area contributed by atoms with Crippen LogP contribution in [0.2, 0.25) is 0 Å². The molecule has 0 spiro atoms. The van der Waals surface area contributed by atoms with Crippen molar-refractivity contribution in [2.24, 2.45) is 5.92 Å². The van der Waals surface area contributed by atoms with Gasteiger partial charge in [-0.3, -0.25) is 4.57 Å². The molecule has 0 unspecified atom stereocenters. The van der Waals surface area contributed by atoms with Crippen molar-refractivity contribution in [1.29, 1.82) is 0 Å². The van der Waals surface area contributed by atoms with Crippen molar-refractivity contribution in [3.8, 4) is 17.1 Å². The summed E-state index contributed by atoms with van der Waals surface area (Å²) in [4.78, 5) is 4.44. The number of hydrogen-bond acceptors (Lipinski definition) is 6. The lowest BCUT2D eigenvalue weighted by Crippen LogP contribution is -2.00. The van der Waals surface area contributed by atoms with Gasteiger partial charge in [0.2, 0.25) is 5.89 Å². The zero-order valence-electron chi connectivity index (χ0n) is 16.1. The molecule has 4 rings (SSSR count). The molecular formula is C21H20FN5OS. The van der Waals surface area contributed by atoms with Crippen molar-refractivity contribution in [1.82, 2.24) is 24.9 Å². The van der Waals surface area contributed by atoms with Crippen LogP contribution in [-0.4, -0.2) is 24.9 Å². The molecule has 4 aromatic rings. The molecule has 2 heterocycles. The van der Waals surface area contributed by atoms with Crippen LogP contribution in [0.1, 0.15) is 25.6 Å². The number of halogens is 1. The minimum atomic E-state index is -0.289. The maximum atomic E-state index is 13.4. The summed E-state index contributed by atoms with van der Waals surface area (Å²) in [5, 5.41) is 13.4. The maximum Gasteiger partial charge on any atom is 0.237 e. The van der Waals surface area contributed by atoms with Crippen LogP contribution in [-0.2, 0) is 12.2 Å². The summed E-state index contributed by atoms with van der Waals surface area (Å²) in [6, 6.07) is 16.0. The fourth-order valence-corrected chi connectivity index (χ4v) is 3.67. The summed E-state index contributed by atoms with van der Waals surface area (Å²) in [6.07, 6.45) is 0.781. The Morgan fingerprint density at radius 1 is 1.03 bits per heavy atom. The van der Waals surface area contributed by atoms with Crippen LogP contribution in [0.25, 0.3) is 17.1 Å². The van der Waals surface area contributed by atoms with Crippen molar-refractivity contribution >= 4 is 11.8 Å². The molecular weight excluding hydrogens is 389 g/mol. The van der Waals surface area contributed by atoms with E-state index in [1.54, 1.807) is 12.1 Å². The minimum Gasteiger partial charge on any atom is -0.338 e. The first-order valence-corrected chi connectivity index (χ1v) is 10.3. The molecule has 29 heavy (non-hydrogen) atoms. The minimum absolute atomic E-state index is 0.289. The Hall–Kier alpha value is -3.00. The highest BCUT2D eigenvalue weighted by Crippen LogP contribution is 2.29. The van der Waals surface area contributed by atoms with E-state index >= 15 is 0 Å². The van der Waals surface area contributed by atoms with Gasteiger partial charge in [0, 0.05) is 17.7 Å². The van der Waals surface area contributed by atoms with Crippen LogP contribution in [0.15, 0.2) is 64.3 Å². The Morgan fingerprint density at radius 2 is 1.79 bits per heavy atom. The third kappa shape index (κ3) is 4.54. The van der Waals surface area contributed by atoms with Crippen molar-refractivity contribution in [3.63, 3.8) is 0 Å². The van der Waals surface area contributed by atoms with Gasteiger partial charge in [0.05, 0.1) is 5.75 Å². The third-order valence-electron chi connectivity index (χ3n) is 4.18. The molecule has 0 amide bonds. The van der Waals surface area contributed by atoms with Gasteiger partial charge in [-0.15, -0.1) is 10.2 Å². The first-order valence-electron chi connectivity index (χ1n) is 9.31. The molecule has 0 saturated heterocycles. The summed E-state index contributed by atoms with van der Waals surface area (Å²) in [7, 11) is 0. The predicted octanol–water partition coefficient (Wildman–Crippen LogP) is 4.95. The molecule has 0 radical (unpaired) electrons. The zero-order valence-corrected chi connectivity index (χ0v) is 16.9. The molecule has 148 valence electrons. The van der Waals surface area contributed by atoms with Gasteiger partial charge in [-0.2, -0.15) is 4.98 Å². The number of thioether (sulfide) groups is 1. The number of aromatic nitrogens is 5. The van der Waals surface area contributed by atoms with Gasteiger partial charge in [-0.05, 0) is 42.3 Å². The highest BCUT2D eigenvalue weighted by atomic mass is 32.2. The van der Waals surface area contributed by atoms with Gasteiger partial charge in [-0.1, -0.05) is 49.0 Å². The fraction of sp³-hybridized carbons (Fsp3) is 0.238. The Balaban J connectivity index is 1.63. The Kier molecular flexibility index (Phi) is 5.71. The lowest BCUT2D eigenvalue weighted by molar-refractivity contribution is 0.382. The van der Waals surface area contributed by atoms with Gasteiger partial charge in [0.1, 0.15) is 5.82 Å². The molecule has 0 bridgehead atoms. The van der Waals surface area contributed by atoms with Crippen molar-refractivity contribution < 1.29 is 8.91 Å². The molecule has 0 fully saturated rings. The highest BCUT2D eigenvalue weighted by Gasteiger charge is 2.17. The average Bonchev–Trinajstić information content (AvgIpc) is 3.34. The van der Waals surface area contributed by atoms with E-state index in [1.165, 1.54) is 23.9 Å². The van der Waals surface area contributed by atoms with Gasteiger partial charge in [-0.25, -0.2) is 4.39 Å². The van der Waals surface area contributed by atoms with Crippen molar-refractivity contribution in [2.75, 3.05) is 0 Å². The van der Waals surface area contributed by atoms with E-state index in [4.69, 9.17) is 4.52 Å². The van der Waals surface area contributed by atoms with Crippen LogP contribution >= 0.6 is 11.8 Å². The van der Waals surface area contributed by atoms with Crippen LogP contribution in [0.3, 0.4) is 0 Å². The average molecular weight is 409 g/mol. The normalized spacial score (nSPS) is 11.3. The molecule has 0 N–H and O–H groups in total. The Labute approximate surface area is 172 Å². The van der Waals surface area contributed by atoms with E-state index in [2.05, 4.69) is 34.2 Å².